The number of halogens is 3. The van der Waals surface area contributed by atoms with Crippen LogP contribution in [0.15, 0.2) is 12.1 Å². The first kappa shape index (κ1) is 15.2. The van der Waals surface area contributed by atoms with Crippen molar-refractivity contribution in [1.82, 2.24) is 0 Å². The fraction of sp³-hybridized carbons (Fsp3) is 0.111. The Morgan fingerprint density at radius 3 is 2.47 bits per heavy atom. The maximum atomic E-state index is 10.5. The van der Waals surface area contributed by atoms with Crippen LogP contribution in [0.1, 0.15) is 12.9 Å². The van der Waals surface area contributed by atoms with E-state index in [1.54, 1.807) is 6.07 Å². The zero-order valence-corrected chi connectivity index (χ0v) is 12.1. The topological polar surface area (TPSA) is 40.9 Å². The average Bonchev–Trinajstić information content (AvgIpc) is 2.15. The summed E-state index contributed by atoms with van der Waals surface area (Å²) in [5.74, 6) is -0.932. The number of nitriles is 1. The summed E-state index contributed by atoms with van der Waals surface area (Å²) in [5, 5.41) is 9.43. The molecule has 0 aliphatic carbocycles. The van der Waals surface area contributed by atoms with Crippen LogP contribution in [0, 0.1) is 11.3 Å². The molecule has 1 unspecified atom stereocenters. The van der Waals surface area contributed by atoms with Crippen molar-refractivity contribution in [3.63, 3.8) is 0 Å². The van der Waals surface area contributed by atoms with Crippen LogP contribution in [0.3, 0.4) is 0 Å². The van der Waals surface area contributed by atoms with Gasteiger partial charge in [-0.3, -0.25) is 0 Å². The van der Waals surface area contributed by atoms with Gasteiger partial charge in [0.25, 0.3) is 0 Å². The van der Waals surface area contributed by atoms with E-state index in [0.29, 0.717) is 16.9 Å². The van der Waals surface area contributed by atoms with Gasteiger partial charge in [-0.1, -0.05) is 34.8 Å². The van der Waals surface area contributed by atoms with Crippen molar-refractivity contribution in [2.75, 3.05) is 0 Å². The summed E-state index contributed by atoms with van der Waals surface area (Å²) >= 11 is 17.3. The van der Waals surface area contributed by atoms with Crippen molar-refractivity contribution in [1.29, 1.82) is 5.26 Å². The van der Waals surface area contributed by atoms with Crippen molar-refractivity contribution in [3.05, 3.63) is 32.8 Å². The molecule has 0 N–H and O–H groups in total. The fourth-order valence-corrected chi connectivity index (χ4v) is 1.71. The molecule has 0 spiro atoms. The summed E-state index contributed by atoms with van der Waals surface area (Å²) < 4.78 is 0. The van der Waals surface area contributed by atoms with Crippen LogP contribution in [0.5, 0.6) is 0 Å². The molecule has 0 aliphatic rings. The zero-order chi connectivity index (χ0) is 10.7. The van der Waals surface area contributed by atoms with Gasteiger partial charge in [0, 0.05) is 5.02 Å². The summed E-state index contributed by atoms with van der Waals surface area (Å²) in [6.07, 6.45) is 0.494. The molecule has 0 bridgehead atoms. The first-order valence-corrected chi connectivity index (χ1v) is 4.73. The maximum absolute atomic E-state index is 10.5. The Balaban J connectivity index is 0. The van der Waals surface area contributed by atoms with Gasteiger partial charge in [0.05, 0.1) is 16.1 Å². The van der Waals surface area contributed by atoms with E-state index in [9.17, 15) is 4.79 Å². The second-order valence-corrected chi connectivity index (χ2v) is 3.76. The van der Waals surface area contributed by atoms with Gasteiger partial charge in [0.1, 0.15) is 12.2 Å². The van der Waals surface area contributed by atoms with Crippen LogP contribution >= 0.6 is 34.8 Å². The van der Waals surface area contributed by atoms with Crippen LogP contribution < -0.4 is 29.6 Å². The third kappa shape index (κ3) is 3.64. The molecule has 6 heteroatoms. The Labute approximate surface area is 126 Å². The second kappa shape index (κ2) is 6.75. The van der Waals surface area contributed by atoms with Crippen molar-refractivity contribution in [2.45, 2.75) is 5.92 Å². The molecule has 0 saturated carbocycles. The second-order valence-electron chi connectivity index (χ2n) is 2.53. The van der Waals surface area contributed by atoms with Crippen molar-refractivity contribution in [2.24, 2.45) is 0 Å². The zero-order valence-electron chi connectivity index (χ0n) is 8.80. The predicted octanol–water partition coefficient (Wildman–Crippen LogP) is 0.569. The van der Waals surface area contributed by atoms with Gasteiger partial charge < -0.3 is 6.22 Å². The van der Waals surface area contributed by atoms with Crippen LogP contribution in [-0.4, -0.2) is 6.29 Å². The summed E-state index contributed by atoms with van der Waals surface area (Å²) in [6.45, 7) is 0. The summed E-state index contributed by atoms with van der Waals surface area (Å²) in [5.41, 5.74) is 0.335. The van der Waals surface area contributed by atoms with E-state index in [0.717, 1.165) is 0 Å². The van der Waals surface area contributed by atoms with E-state index in [-0.39, 0.29) is 41.0 Å². The first-order valence-electron chi connectivity index (χ1n) is 3.59. The molecular weight excluding hydrogens is 267 g/mol. The minimum Gasteiger partial charge on any atom is -1.00 e. The largest absolute Gasteiger partial charge is 1.00 e. The maximum Gasteiger partial charge on any atom is 1.00 e. The van der Waals surface area contributed by atoms with Crippen LogP contribution in [0.2, 0.25) is 15.1 Å². The average molecular weight is 272 g/mol. The van der Waals surface area contributed by atoms with Crippen molar-refractivity contribution >= 4 is 41.1 Å². The molecule has 2 nitrogen and oxygen atoms in total. The normalized spacial score (nSPS) is 11.1. The monoisotopic (exact) mass is 271 g/mol. The molecule has 0 radical (unpaired) electrons. The minimum absolute atomic E-state index is 0. The molecule has 74 valence electrons. The molecule has 0 heterocycles. The van der Waals surface area contributed by atoms with Gasteiger partial charge in [-0.05, 0) is 17.7 Å². The number of aldehydes is 1. The van der Waals surface area contributed by atoms with Crippen LogP contribution in [0.4, 0.5) is 0 Å². The number of nitrogens with zero attached hydrogens (tertiary/aromatic N) is 1. The Morgan fingerprint density at radius 2 is 2.00 bits per heavy atom. The summed E-state index contributed by atoms with van der Waals surface area (Å²) in [4.78, 5) is 10.5. The minimum atomic E-state index is -0.932. The van der Waals surface area contributed by atoms with Gasteiger partial charge >= 0.3 is 29.6 Å². The molecule has 0 aliphatic heterocycles. The van der Waals surface area contributed by atoms with E-state index in [1.165, 1.54) is 12.1 Å². The smallest absolute Gasteiger partial charge is 1.00 e. The number of rotatable bonds is 2. The van der Waals surface area contributed by atoms with E-state index in [2.05, 4.69) is 0 Å². The Kier molecular flexibility index (Phi) is 6.86. The van der Waals surface area contributed by atoms with Gasteiger partial charge in [-0.15, -0.1) is 0 Å². The third-order valence-corrected chi connectivity index (χ3v) is 2.67. The van der Waals surface area contributed by atoms with Gasteiger partial charge in [0.2, 0.25) is 0 Å². The molecule has 1 atom stereocenters. The first-order chi connectivity index (χ1) is 6.60. The number of benzene rings is 1. The summed E-state index contributed by atoms with van der Waals surface area (Å²) in [7, 11) is 0. The summed E-state index contributed by atoms with van der Waals surface area (Å²) in [6, 6.07) is 4.70. The molecule has 0 amide bonds. The standard InChI is InChI=1S/C9H4Cl3NO.Na.H/c10-6-1-7(5(3-13)4-14)9(12)8(11)2-6;;/h1-2,4-5H;;/q;+1;-1. The third-order valence-electron chi connectivity index (χ3n) is 1.63. The van der Waals surface area contributed by atoms with Crippen molar-refractivity contribution < 1.29 is 35.8 Å². The van der Waals surface area contributed by atoms with Crippen LogP contribution in [-0.2, 0) is 4.79 Å². The van der Waals surface area contributed by atoms with Gasteiger partial charge in [-0.25, -0.2) is 0 Å². The molecule has 0 fully saturated rings. The molecule has 0 aromatic heterocycles. The van der Waals surface area contributed by atoms with Crippen LogP contribution in [0.25, 0.3) is 0 Å². The predicted molar refractivity (Wildman–Crippen MR) is 57.0 cm³/mol. The van der Waals surface area contributed by atoms with E-state index < -0.39 is 5.92 Å². The number of carbonyl (C=O) groups is 1. The van der Waals surface area contributed by atoms with E-state index in [4.69, 9.17) is 40.1 Å². The fourth-order valence-electron chi connectivity index (χ4n) is 0.975. The molecule has 1 rings (SSSR count). The molecule has 15 heavy (non-hydrogen) atoms. The molecule has 1 aromatic rings. The Bertz CT molecular complexity index is 422. The SMILES string of the molecule is N#CC(C=O)c1cc(Cl)cc(Cl)c1Cl.[H-].[Na+]. The number of carbonyl (C=O) groups excluding carboxylic acids is 1. The van der Waals surface area contributed by atoms with E-state index in [1.807, 2.05) is 0 Å². The quantitative estimate of drug-likeness (QED) is 0.449. The molecule has 1 aromatic carbocycles. The Hall–Kier alpha value is 0.250. The molecular formula is C9H5Cl3NNaO. The number of hydrogen-bond donors (Lipinski definition) is 0. The van der Waals surface area contributed by atoms with Gasteiger partial charge in [0.15, 0.2) is 0 Å². The number of hydrogen-bond acceptors (Lipinski definition) is 2. The van der Waals surface area contributed by atoms with E-state index >= 15 is 0 Å². The molecule has 0 saturated heterocycles. The van der Waals surface area contributed by atoms with Gasteiger partial charge in [-0.2, -0.15) is 5.26 Å². The van der Waals surface area contributed by atoms with Crippen molar-refractivity contribution in [3.8, 4) is 6.07 Å². The Morgan fingerprint density at radius 1 is 1.40 bits per heavy atom.